The predicted octanol–water partition coefficient (Wildman–Crippen LogP) is 2.52. The first-order valence-corrected chi connectivity index (χ1v) is 12.7. The molecule has 3 heterocycles. The first-order valence-electron chi connectivity index (χ1n) is 12.7. The van der Waals surface area contributed by atoms with E-state index in [0.29, 0.717) is 25.3 Å². The number of hydrogen-bond donors (Lipinski definition) is 3. The number of ether oxygens (including phenoxy) is 1. The van der Waals surface area contributed by atoms with Crippen molar-refractivity contribution < 1.29 is 19.1 Å². The molecule has 3 amide bonds. The van der Waals surface area contributed by atoms with E-state index < -0.39 is 0 Å². The van der Waals surface area contributed by atoms with E-state index in [0.717, 1.165) is 49.4 Å². The quantitative estimate of drug-likeness (QED) is 0.477. The molecule has 0 spiro atoms. The molecule has 2 aliphatic heterocycles. The summed E-state index contributed by atoms with van der Waals surface area (Å²) < 4.78 is 6.09. The number of nitrogens with one attached hydrogen (secondary N) is 3. The summed E-state index contributed by atoms with van der Waals surface area (Å²) in [6, 6.07) is 11.7. The fourth-order valence-corrected chi connectivity index (χ4v) is 5.36. The van der Waals surface area contributed by atoms with Gasteiger partial charge in [-0.1, -0.05) is 31.0 Å². The number of anilines is 1. The van der Waals surface area contributed by atoms with Crippen molar-refractivity contribution in [2.45, 2.75) is 69.8 Å². The molecule has 35 heavy (non-hydrogen) atoms. The number of unbranched alkanes of at least 4 members (excludes halogenated alkanes) is 3. The van der Waals surface area contributed by atoms with Gasteiger partial charge in [0, 0.05) is 24.5 Å². The topological polar surface area (TPSA) is 113 Å². The molecule has 3 aliphatic rings. The van der Waals surface area contributed by atoms with Gasteiger partial charge in [-0.25, -0.2) is 4.98 Å². The van der Waals surface area contributed by atoms with Gasteiger partial charge in [0.15, 0.2) is 6.29 Å². The zero-order valence-electron chi connectivity index (χ0n) is 19.9. The zero-order chi connectivity index (χ0) is 24.2. The lowest BCUT2D eigenvalue weighted by Crippen LogP contribution is -2.65. The maximum Gasteiger partial charge on any atom is 0.242 e. The number of rotatable bonds is 9. The molecule has 2 aromatic rings. The van der Waals surface area contributed by atoms with Crippen molar-refractivity contribution in [2.75, 3.05) is 18.5 Å². The standard InChI is InChI=1S/C26H33N5O4/c32-23(29-22-13-10-17-7-4-5-8-20(17)27-22)9-3-1-2-6-14-35-18-11-12-21-19(15-18)25(34)31-16-24(33)30-26(31)28-21/h4-5,7-8,10,13,18-19,21,26,28H,1-3,6,9,11-12,14-16H2,(H,30,33)(H,27,29,32). The summed E-state index contributed by atoms with van der Waals surface area (Å²) in [5, 5.41) is 10.2. The number of carbonyl (C=O) groups excluding carboxylic acids is 3. The van der Waals surface area contributed by atoms with Gasteiger partial charge in [0.2, 0.25) is 17.7 Å². The van der Waals surface area contributed by atoms with Gasteiger partial charge < -0.3 is 15.4 Å². The summed E-state index contributed by atoms with van der Waals surface area (Å²) in [5.41, 5.74) is 0.871. The zero-order valence-corrected chi connectivity index (χ0v) is 19.9. The average molecular weight is 480 g/mol. The van der Waals surface area contributed by atoms with E-state index in [1.54, 1.807) is 4.90 Å². The highest BCUT2D eigenvalue weighted by Crippen LogP contribution is 2.32. The number of carbonyl (C=O) groups is 3. The molecule has 1 aromatic carbocycles. The molecular formula is C26H33N5O4. The molecule has 186 valence electrons. The second-order valence-corrected chi connectivity index (χ2v) is 9.72. The smallest absolute Gasteiger partial charge is 0.242 e. The number of amides is 3. The highest BCUT2D eigenvalue weighted by Gasteiger charge is 2.47. The van der Waals surface area contributed by atoms with E-state index in [1.165, 1.54) is 0 Å². The van der Waals surface area contributed by atoms with E-state index in [2.05, 4.69) is 20.9 Å². The lowest BCUT2D eigenvalue weighted by molar-refractivity contribution is -0.147. The highest BCUT2D eigenvalue weighted by atomic mass is 16.5. The third kappa shape index (κ3) is 5.62. The van der Waals surface area contributed by atoms with E-state index >= 15 is 0 Å². The molecule has 4 unspecified atom stereocenters. The predicted molar refractivity (Wildman–Crippen MR) is 131 cm³/mol. The largest absolute Gasteiger partial charge is 0.378 e. The van der Waals surface area contributed by atoms with Crippen LogP contribution >= 0.6 is 0 Å². The molecule has 9 nitrogen and oxygen atoms in total. The van der Waals surface area contributed by atoms with Crippen LogP contribution in [0.15, 0.2) is 36.4 Å². The molecule has 4 atom stereocenters. The van der Waals surface area contributed by atoms with Gasteiger partial charge in [-0.05, 0) is 50.3 Å². The number of fused-ring (bicyclic) bond motifs is 3. The van der Waals surface area contributed by atoms with Gasteiger partial charge in [0.1, 0.15) is 12.4 Å². The van der Waals surface area contributed by atoms with Crippen LogP contribution in [0.25, 0.3) is 10.9 Å². The third-order valence-electron chi connectivity index (χ3n) is 7.22. The van der Waals surface area contributed by atoms with Gasteiger partial charge in [-0.2, -0.15) is 0 Å². The number of aromatic nitrogens is 1. The fourth-order valence-electron chi connectivity index (χ4n) is 5.36. The highest BCUT2D eigenvalue weighted by molar-refractivity contribution is 5.91. The van der Waals surface area contributed by atoms with E-state index in [1.807, 2.05) is 36.4 Å². The summed E-state index contributed by atoms with van der Waals surface area (Å²) in [7, 11) is 0. The second-order valence-electron chi connectivity index (χ2n) is 9.72. The Labute approximate surface area is 205 Å². The Hall–Kier alpha value is -3.04. The normalized spacial score (nSPS) is 25.8. The van der Waals surface area contributed by atoms with E-state index in [4.69, 9.17) is 4.74 Å². The number of benzene rings is 1. The van der Waals surface area contributed by atoms with Crippen molar-refractivity contribution in [1.29, 1.82) is 0 Å². The average Bonchev–Trinajstić information content (AvgIpc) is 3.24. The minimum Gasteiger partial charge on any atom is -0.378 e. The van der Waals surface area contributed by atoms with Crippen molar-refractivity contribution in [2.24, 2.45) is 5.92 Å². The Morgan fingerprint density at radius 2 is 1.94 bits per heavy atom. The minimum absolute atomic E-state index is 0.0105. The summed E-state index contributed by atoms with van der Waals surface area (Å²) >= 11 is 0. The summed E-state index contributed by atoms with van der Waals surface area (Å²) in [5.74, 6) is 0.413. The molecule has 3 N–H and O–H groups in total. The molecular weight excluding hydrogens is 446 g/mol. The van der Waals surface area contributed by atoms with Crippen LogP contribution in [0, 0.1) is 5.92 Å². The fraction of sp³-hybridized carbons (Fsp3) is 0.538. The molecule has 1 saturated carbocycles. The molecule has 1 aliphatic carbocycles. The van der Waals surface area contributed by atoms with Gasteiger partial charge in [-0.3, -0.25) is 24.6 Å². The molecule has 5 rings (SSSR count). The van der Waals surface area contributed by atoms with E-state index in [-0.39, 0.29) is 48.6 Å². The van der Waals surface area contributed by atoms with Crippen molar-refractivity contribution in [3.05, 3.63) is 36.4 Å². The Kier molecular flexibility index (Phi) is 7.24. The summed E-state index contributed by atoms with van der Waals surface area (Å²) in [4.78, 5) is 42.8. The van der Waals surface area contributed by atoms with Gasteiger partial charge >= 0.3 is 0 Å². The Bertz CT molecular complexity index is 1090. The first-order chi connectivity index (χ1) is 17.1. The van der Waals surface area contributed by atoms with Gasteiger partial charge in [-0.15, -0.1) is 0 Å². The van der Waals surface area contributed by atoms with Crippen LogP contribution in [0.5, 0.6) is 0 Å². The van der Waals surface area contributed by atoms with Crippen LogP contribution in [0.4, 0.5) is 5.82 Å². The molecule has 2 saturated heterocycles. The minimum atomic E-state index is -0.348. The number of pyridine rings is 1. The second kappa shape index (κ2) is 10.7. The van der Waals surface area contributed by atoms with Crippen LogP contribution < -0.4 is 16.0 Å². The molecule has 1 aromatic heterocycles. The number of nitrogens with zero attached hydrogens (tertiary/aromatic N) is 2. The van der Waals surface area contributed by atoms with Crippen molar-refractivity contribution in [3.63, 3.8) is 0 Å². The number of hydrogen-bond acceptors (Lipinski definition) is 6. The van der Waals surface area contributed by atoms with Crippen LogP contribution in [0.2, 0.25) is 0 Å². The number of para-hydroxylation sites is 1. The first kappa shape index (κ1) is 23.7. The summed E-state index contributed by atoms with van der Waals surface area (Å²) in [6.07, 6.45) is 6.47. The molecule has 0 bridgehead atoms. The third-order valence-corrected chi connectivity index (χ3v) is 7.22. The monoisotopic (exact) mass is 479 g/mol. The van der Waals surface area contributed by atoms with Crippen LogP contribution in [0.3, 0.4) is 0 Å². The SMILES string of the molecule is O=C(CCCCCCOC1CCC2NC3NC(=O)CN3C(=O)C2C1)Nc1ccc2ccccc2n1. The maximum absolute atomic E-state index is 12.8. The lowest BCUT2D eigenvalue weighted by Gasteiger charge is -2.44. The summed E-state index contributed by atoms with van der Waals surface area (Å²) in [6.45, 7) is 0.811. The molecule has 0 radical (unpaired) electrons. The molecule has 9 heteroatoms. The maximum atomic E-state index is 12.8. The Balaban J connectivity index is 0.953. The van der Waals surface area contributed by atoms with Crippen molar-refractivity contribution >= 4 is 34.4 Å². The van der Waals surface area contributed by atoms with Gasteiger partial charge in [0.25, 0.3) is 0 Å². The lowest BCUT2D eigenvalue weighted by atomic mass is 9.80. The van der Waals surface area contributed by atoms with Crippen LogP contribution in [-0.2, 0) is 19.1 Å². The van der Waals surface area contributed by atoms with Crippen molar-refractivity contribution in [3.8, 4) is 0 Å². The van der Waals surface area contributed by atoms with Gasteiger partial charge in [0.05, 0.1) is 17.5 Å². The Morgan fingerprint density at radius 3 is 2.86 bits per heavy atom. The molecule has 3 fully saturated rings. The van der Waals surface area contributed by atoms with Crippen LogP contribution in [0.1, 0.15) is 51.4 Å². The van der Waals surface area contributed by atoms with Crippen molar-refractivity contribution in [1.82, 2.24) is 20.5 Å². The van der Waals surface area contributed by atoms with E-state index in [9.17, 15) is 14.4 Å². The Morgan fingerprint density at radius 1 is 1.09 bits per heavy atom. The van der Waals surface area contributed by atoms with Crippen LogP contribution in [-0.4, -0.2) is 59.2 Å².